The molecule has 168 valence electrons. The van der Waals surface area contributed by atoms with E-state index in [1.165, 1.54) is 0 Å². The Morgan fingerprint density at radius 3 is 2.35 bits per heavy atom. The SMILES string of the molecule is CCNC(=O)[C@H](CC)N(Cc1cccc(OC)c1)C(=O)COc1cc(C)c(Br)c(C)c1. The highest BCUT2D eigenvalue weighted by Crippen LogP contribution is 2.26. The van der Waals surface area contributed by atoms with Crippen molar-refractivity contribution >= 4 is 27.7 Å². The van der Waals surface area contributed by atoms with E-state index in [1.807, 2.05) is 64.1 Å². The molecule has 7 heteroatoms. The summed E-state index contributed by atoms with van der Waals surface area (Å²) in [6.45, 7) is 8.35. The van der Waals surface area contributed by atoms with Crippen LogP contribution in [0.15, 0.2) is 40.9 Å². The summed E-state index contributed by atoms with van der Waals surface area (Å²) in [5, 5.41) is 2.83. The van der Waals surface area contributed by atoms with Gasteiger partial charge in [-0.05, 0) is 68.1 Å². The van der Waals surface area contributed by atoms with Crippen molar-refractivity contribution in [3.63, 3.8) is 0 Å². The number of halogens is 1. The van der Waals surface area contributed by atoms with Gasteiger partial charge in [-0.25, -0.2) is 0 Å². The van der Waals surface area contributed by atoms with Crippen LogP contribution in [0.4, 0.5) is 0 Å². The molecule has 31 heavy (non-hydrogen) atoms. The minimum absolute atomic E-state index is 0.152. The number of nitrogens with one attached hydrogen (secondary N) is 1. The molecule has 0 unspecified atom stereocenters. The average Bonchev–Trinajstić information content (AvgIpc) is 2.75. The van der Waals surface area contributed by atoms with Crippen molar-refractivity contribution in [2.75, 3.05) is 20.3 Å². The predicted octanol–water partition coefficient (Wildman–Crippen LogP) is 4.40. The molecule has 0 heterocycles. The zero-order chi connectivity index (χ0) is 23.0. The van der Waals surface area contributed by atoms with Crippen molar-refractivity contribution < 1.29 is 19.1 Å². The summed E-state index contributed by atoms with van der Waals surface area (Å²) >= 11 is 3.54. The number of benzene rings is 2. The van der Waals surface area contributed by atoms with E-state index in [0.29, 0.717) is 24.5 Å². The number of aryl methyl sites for hydroxylation is 2. The average molecular weight is 491 g/mol. The second kappa shape index (κ2) is 11.7. The third kappa shape index (κ3) is 6.72. The minimum atomic E-state index is -0.587. The number of likely N-dealkylation sites (N-methyl/N-ethyl adjacent to an activating group) is 1. The van der Waals surface area contributed by atoms with Crippen LogP contribution in [-0.2, 0) is 16.1 Å². The third-order valence-corrected chi connectivity index (χ3v) is 6.25. The summed E-state index contributed by atoms with van der Waals surface area (Å²) in [5.74, 6) is 0.905. The van der Waals surface area contributed by atoms with Crippen molar-refractivity contribution in [1.29, 1.82) is 0 Å². The second-order valence-corrected chi connectivity index (χ2v) is 8.14. The van der Waals surface area contributed by atoms with Crippen LogP contribution in [0, 0.1) is 13.8 Å². The van der Waals surface area contributed by atoms with Gasteiger partial charge in [0.25, 0.3) is 5.91 Å². The van der Waals surface area contributed by atoms with Gasteiger partial charge in [-0.1, -0.05) is 35.0 Å². The van der Waals surface area contributed by atoms with Crippen LogP contribution < -0.4 is 14.8 Å². The second-order valence-electron chi connectivity index (χ2n) is 7.35. The van der Waals surface area contributed by atoms with E-state index >= 15 is 0 Å². The van der Waals surface area contributed by atoms with Crippen LogP contribution in [-0.4, -0.2) is 43.0 Å². The summed E-state index contributed by atoms with van der Waals surface area (Å²) < 4.78 is 12.1. The summed E-state index contributed by atoms with van der Waals surface area (Å²) in [5.41, 5.74) is 2.94. The maximum atomic E-state index is 13.2. The smallest absolute Gasteiger partial charge is 0.261 e. The highest BCUT2D eigenvalue weighted by atomic mass is 79.9. The summed E-state index contributed by atoms with van der Waals surface area (Å²) in [6.07, 6.45) is 0.498. The molecule has 0 radical (unpaired) electrons. The lowest BCUT2D eigenvalue weighted by atomic mass is 10.1. The molecule has 0 fully saturated rings. The van der Waals surface area contributed by atoms with Gasteiger partial charge in [-0.2, -0.15) is 0 Å². The Hall–Kier alpha value is -2.54. The normalized spacial score (nSPS) is 11.5. The molecule has 2 aromatic rings. The molecule has 0 saturated heterocycles. The van der Waals surface area contributed by atoms with Gasteiger partial charge in [0.05, 0.1) is 7.11 Å². The molecule has 6 nitrogen and oxygen atoms in total. The highest BCUT2D eigenvalue weighted by Gasteiger charge is 2.28. The number of ether oxygens (including phenoxy) is 2. The number of rotatable bonds is 10. The number of methoxy groups -OCH3 is 1. The Balaban J connectivity index is 2.25. The Labute approximate surface area is 193 Å². The number of hydrogen-bond acceptors (Lipinski definition) is 4. The van der Waals surface area contributed by atoms with Crippen LogP contribution in [0.1, 0.15) is 37.0 Å². The molecule has 2 rings (SSSR count). The van der Waals surface area contributed by atoms with Crippen molar-refractivity contribution in [2.24, 2.45) is 0 Å². The van der Waals surface area contributed by atoms with E-state index in [4.69, 9.17) is 9.47 Å². The first kappa shape index (κ1) is 24.7. The molecular formula is C24H31BrN2O4. The van der Waals surface area contributed by atoms with Crippen molar-refractivity contribution in [2.45, 2.75) is 46.7 Å². The van der Waals surface area contributed by atoms with Gasteiger partial charge in [0, 0.05) is 17.6 Å². The molecule has 1 N–H and O–H groups in total. The van der Waals surface area contributed by atoms with Crippen LogP contribution in [0.5, 0.6) is 11.5 Å². The molecule has 0 aliphatic heterocycles. The lowest BCUT2D eigenvalue weighted by molar-refractivity contribution is -0.142. The zero-order valence-corrected chi connectivity index (χ0v) is 20.4. The minimum Gasteiger partial charge on any atom is -0.497 e. The van der Waals surface area contributed by atoms with Gasteiger partial charge in [-0.15, -0.1) is 0 Å². The molecule has 1 atom stereocenters. The molecular weight excluding hydrogens is 460 g/mol. The van der Waals surface area contributed by atoms with Gasteiger partial charge in [0.2, 0.25) is 5.91 Å². The number of carbonyl (C=O) groups is 2. The number of hydrogen-bond donors (Lipinski definition) is 1. The lowest BCUT2D eigenvalue weighted by Crippen LogP contribution is -2.50. The first-order chi connectivity index (χ1) is 14.8. The van der Waals surface area contributed by atoms with E-state index in [9.17, 15) is 9.59 Å². The predicted molar refractivity (Wildman–Crippen MR) is 125 cm³/mol. The number of amides is 2. The Morgan fingerprint density at radius 1 is 1.10 bits per heavy atom. The summed E-state index contributed by atoms with van der Waals surface area (Å²) in [6, 6.07) is 10.7. The van der Waals surface area contributed by atoms with E-state index < -0.39 is 6.04 Å². The third-order valence-electron chi connectivity index (χ3n) is 5.00. The monoisotopic (exact) mass is 490 g/mol. The van der Waals surface area contributed by atoms with Crippen LogP contribution >= 0.6 is 15.9 Å². The van der Waals surface area contributed by atoms with E-state index in [1.54, 1.807) is 12.0 Å². The summed E-state index contributed by atoms with van der Waals surface area (Å²) in [7, 11) is 1.60. The Morgan fingerprint density at radius 2 is 1.77 bits per heavy atom. The maximum Gasteiger partial charge on any atom is 0.261 e. The van der Waals surface area contributed by atoms with Crippen LogP contribution in [0.25, 0.3) is 0 Å². The summed E-state index contributed by atoms with van der Waals surface area (Å²) in [4.78, 5) is 27.4. The molecule has 0 spiro atoms. The largest absolute Gasteiger partial charge is 0.497 e. The van der Waals surface area contributed by atoms with Gasteiger partial charge in [0.1, 0.15) is 17.5 Å². The zero-order valence-electron chi connectivity index (χ0n) is 18.8. The van der Waals surface area contributed by atoms with Crippen molar-refractivity contribution in [3.05, 3.63) is 57.6 Å². The van der Waals surface area contributed by atoms with Gasteiger partial charge >= 0.3 is 0 Å². The fraction of sp³-hybridized carbons (Fsp3) is 0.417. The standard InChI is InChI=1S/C24H31BrN2O4/c1-6-21(24(29)26-7-2)27(14-18-9-8-10-19(13-18)30-5)22(28)15-31-20-11-16(3)23(25)17(4)12-20/h8-13,21H,6-7,14-15H2,1-5H3,(H,26,29)/t21-/m0/s1. The molecule has 2 aromatic carbocycles. The highest BCUT2D eigenvalue weighted by molar-refractivity contribution is 9.10. The molecule has 2 amide bonds. The van der Waals surface area contributed by atoms with Crippen molar-refractivity contribution in [3.8, 4) is 11.5 Å². The first-order valence-corrected chi connectivity index (χ1v) is 11.2. The molecule has 0 aromatic heterocycles. The molecule has 0 aliphatic rings. The maximum absolute atomic E-state index is 13.2. The molecule has 0 aliphatic carbocycles. The fourth-order valence-electron chi connectivity index (χ4n) is 3.40. The number of carbonyl (C=O) groups excluding carboxylic acids is 2. The van der Waals surface area contributed by atoms with E-state index in [2.05, 4.69) is 21.2 Å². The van der Waals surface area contributed by atoms with Crippen LogP contribution in [0.2, 0.25) is 0 Å². The lowest BCUT2D eigenvalue weighted by Gasteiger charge is -2.30. The fourth-order valence-corrected chi connectivity index (χ4v) is 3.63. The van der Waals surface area contributed by atoms with E-state index in [-0.39, 0.29) is 25.0 Å². The topological polar surface area (TPSA) is 67.9 Å². The Kier molecular flexibility index (Phi) is 9.37. The van der Waals surface area contributed by atoms with Crippen molar-refractivity contribution in [1.82, 2.24) is 10.2 Å². The van der Waals surface area contributed by atoms with Gasteiger partial charge < -0.3 is 19.7 Å². The molecule has 0 bridgehead atoms. The van der Waals surface area contributed by atoms with Gasteiger partial charge in [0.15, 0.2) is 6.61 Å². The molecule has 0 saturated carbocycles. The van der Waals surface area contributed by atoms with Gasteiger partial charge in [-0.3, -0.25) is 9.59 Å². The van der Waals surface area contributed by atoms with Crippen LogP contribution in [0.3, 0.4) is 0 Å². The number of nitrogens with zero attached hydrogens (tertiary/aromatic N) is 1. The van der Waals surface area contributed by atoms with E-state index in [0.717, 1.165) is 21.2 Å². The first-order valence-electron chi connectivity index (χ1n) is 10.4. The Bertz CT molecular complexity index is 893. The quantitative estimate of drug-likeness (QED) is 0.535.